The highest BCUT2D eigenvalue weighted by Gasteiger charge is 2.43. The van der Waals surface area contributed by atoms with E-state index >= 15 is 0 Å². The van der Waals surface area contributed by atoms with Crippen molar-refractivity contribution in [1.29, 1.82) is 10.5 Å². The van der Waals surface area contributed by atoms with Crippen molar-refractivity contribution in [2.75, 3.05) is 7.11 Å². The number of benzene rings is 1. The second kappa shape index (κ2) is 6.76. The van der Waals surface area contributed by atoms with E-state index in [2.05, 4.69) is 4.99 Å². The van der Waals surface area contributed by atoms with Gasteiger partial charge >= 0.3 is 11.9 Å². The van der Waals surface area contributed by atoms with Gasteiger partial charge in [0.25, 0.3) is 0 Å². The van der Waals surface area contributed by atoms with Crippen LogP contribution in [0, 0.1) is 28.6 Å². The van der Waals surface area contributed by atoms with E-state index < -0.39 is 23.8 Å². The zero-order chi connectivity index (χ0) is 17.9. The van der Waals surface area contributed by atoms with E-state index in [1.54, 1.807) is 18.2 Å². The molecule has 0 radical (unpaired) electrons. The van der Waals surface area contributed by atoms with Crippen molar-refractivity contribution in [2.45, 2.75) is 12.8 Å². The van der Waals surface area contributed by atoms with Crippen molar-refractivity contribution < 1.29 is 19.4 Å². The summed E-state index contributed by atoms with van der Waals surface area (Å²) < 4.78 is 4.72. The molecule has 2 atom stereocenters. The molecule has 0 aliphatic carbocycles. The number of aliphatic imine (C=N–C) groups is 1. The summed E-state index contributed by atoms with van der Waals surface area (Å²) in [5.74, 6) is -4.25. The van der Waals surface area contributed by atoms with Crippen LogP contribution in [0.1, 0.15) is 24.0 Å². The van der Waals surface area contributed by atoms with Crippen molar-refractivity contribution in [2.24, 2.45) is 10.9 Å². The maximum absolute atomic E-state index is 12.2. The Hall–Kier alpha value is -3.45. The number of nitriles is 2. The van der Waals surface area contributed by atoms with Crippen LogP contribution in [0.4, 0.5) is 0 Å². The molecule has 24 heavy (non-hydrogen) atoms. The largest absolute Gasteiger partial charge is 0.481 e. The van der Waals surface area contributed by atoms with E-state index in [1.807, 2.05) is 12.1 Å². The minimum Gasteiger partial charge on any atom is -0.481 e. The first-order valence-corrected chi connectivity index (χ1v) is 6.95. The summed E-state index contributed by atoms with van der Waals surface area (Å²) >= 11 is 0. The first-order valence-electron chi connectivity index (χ1n) is 6.95. The fourth-order valence-corrected chi connectivity index (χ4v) is 2.81. The molecule has 120 valence electrons. The summed E-state index contributed by atoms with van der Waals surface area (Å²) in [5.41, 5.74) is 0.400. The van der Waals surface area contributed by atoms with E-state index in [0.29, 0.717) is 5.56 Å². The Labute approximate surface area is 138 Å². The molecule has 1 aliphatic rings. The highest BCUT2D eigenvalue weighted by atomic mass is 16.5. The van der Waals surface area contributed by atoms with Crippen LogP contribution in [0.5, 0.6) is 0 Å². The second-order valence-electron chi connectivity index (χ2n) is 5.11. The first kappa shape index (κ1) is 16.9. The molecule has 2 rings (SSSR count). The predicted molar refractivity (Wildman–Crippen MR) is 82.8 cm³/mol. The number of ether oxygens (including phenoxy) is 1. The number of carbonyl (C=O) groups excluding carboxylic acids is 1. The molecule has 1 aromatic rings. The molecular formula is C17H13N3O4. The lowest BCUT2D eigenvalue weighted by molar-refractivity contribution is -0.140. The minimum absolute atomic E-state index is 0.152. The fourth-order valence-electron chi connectivity index (χ4n) is 2.81. The van der Waals surface area contributed by atoms with Gasteiger partial charge in [0.15, 0.2) is 5.70 Å². The van der Waals surface area contributed by atoms with Crippen LogP contribution in [0.3, 0.4) is 0 Å². The third-order valence-corrected chi connectivity index (χ3v) is 3.83. The predicted octanol–water partition coefficient (Wildman–Crippen LogP) is 1.77. The van der Waals surface area contributed by atoms with Gasteiger partial charge in [-0.1, -0.05) is 18.2 Å². The number of carboxylic acid groups (broad SMARTS) is 1. The first-order chi connectivity index (χ1) is 11.5. The Morgan fingerprint density at radius 1 is 1.25 bits per heavy atom. The second-order valence-corrected chi connectivity index (χ2v) is 5.11. The van der Waals surface area contributed by atoms with E-state index in [-0.39, 0.29) is 22.5 Å². The van der Waals surface area contributed by atoms with E-state index in [9.17, 15) is 25.2 Å². The SMILES string of the molecule is COC(=O)C1=C(C#N)N=C(C)C(C(=O)O)C1c1ccccc1C#N. The number of hydrogen-bond donors (Lipinski definition) is 1. The highest BCUT2D eigenvalue weighted by Crippen LogP contribution is 2.40. The molecule has 0 bridgehead atoms. The molecule has 0 saturated heterocycles. The Morgan fingerprint density at radius 2 is 1.92 bits per heavy atom. The zero-order valence-electron chi connectivity index (χ0n) is 13.0. The number of rotatable bonds is 3. The van der Waals surface area contributed by atoms with Crippen molar-refractivity contribution in [3.63, 3.8) is 0 Å². The number of carbonyl (C=O) groups is 2. The minimum atomic E-state index is -1.20. The quantitative estimate of drug-likeness (QED) is 0.845. The lowest BCUT2D eigenvalue weighted by Crippen LogP contribution is -2.35. The van der Waals surface area contributed by atoms with Crippen LogP contribution in [0.25, 0.3) is 0 Å². The Kier molecular flexibility index (Phi) is 4.76. The summed E-state index contributed by atoms with van der Waals surface area (Å²) in [5, 5.41) is 28.2. The van der Waals surface area contributed by atoms with Gasteiger partial charge in [0.05, 0.1) is 24.3 Å². The number of aliphatic carboxylic acids is 1. The topological polar surface area (TPSA) is 124 Å². The molecule has 0 spiro atoms. The van der Waals surface area contributed by atoms with Crippen LogP contribution in [-0.2, 0) is 14.3 Å². The van der Waals surface area contributed by atoms with Crippen molar-refractivity contribution in [1.82, 2.24) is 0 Å². The van der Waals surface area contributed by atoms with Crippen LogP contribution in [-0.4, -0.2) is 29.9 Å². The van der Waals surface area contributed by atoms with Gasteiger partial charge < -0.3 is 9.84 Å². The fraction of sp³-hybridized carbons (Fsp3) is 0.235. The van der Waals surface area contributed by atoms with Crippen molar-refractivity contribution in [3.8, 4) is 12.1 Å². The summed E-state index contributed by atoms with van der Waals surface area (Å²) in [6.45, 7) is 1.48. The Balaban J connectivity index is 2.83. The van der Waals surface area contributed by atoms with Crippen LogP contribution >= 0.6 is 0 Å². The molecule has 1 aliphatic heterocycles. The van der Waals surface area contributed by atoms with Crippen LogP contribution in [0.15, 0.2) is 40.5 Å². The third-order valence-electron chi connectivity index (χ3n) is 3.83. The molecule has 7 heteroatoms. The van der Waals surface area contributed by atoms with Crippen LogP contribution in [0.2, 0.25) is 0 Å². The summed E-state index contributed by atoms with van der Waals surface area (Å²) in [4.78, 5) is 28.0. The number of nitrogens with zero attached hydrogens (tertiary/aromatic N) is 3. The van der Waals surface area contributed by atoms with E-state index in [4.69, 9.17) is 4.74 Å². The number of hydrogen-bond acceptors (Lipinski definition) is 6. The van der Waals surface area contributed by atoms with E-state index in [1.165, 1.54) is 13.0 Å². The van der Waals surface area contributed by atoms with E-state index in [0.717, 1.165) is 7.11 Å². The van der Waals surface area contributed by atoms with Gasteiger partial charge in [-0.25, -0.2) is 9.79 Å². The van der Waals surface area contributed by atoms with Crippen molar-refractivity contribution in [3.05, 3.63) is 46.7 Å². The normalized spacial score (nSPS) is 19.8. The summed E-state index contributed by atoms with van der Waals surface area (Å²) in [6, 6.07) is 10.2. The molecule has 7 nitrogen and oxygen atoms in total. The number of methoxy groups -OCH3 is 1. The third kappa shape index (κ3) is 2.75. The van der Waals surface area contributed by atoms with Crippen molar-refractivity contribution >= 4 is 17.7 Å². The number of allylic oxidation sites excluding steroid dienone is 1. The lowest BCUT2D eigenvalue weighted by Gasteiger charge is -2.29. The molecule has 1 heterocycles. The highest BCUT2D eigenvalue weighted by molar-refractivity contribution is 6.07. The maximum Gasteiger partial charge on any atom is 0.337 e. The van der Waals surface area contributed by atoms with Crippen LogP contribution < -0.4 is 0 Å². The molecular weight excluding hydrogens is 310 g/mol. The van der Waals surface area contributed by atoms with Gasteiger partial charge in [-0.05, 0) is 18.6 Å². The molecule has 0 saturated carbocycles. The smallest absolute Gasteiger partial charge is 0.337 e. The monoisotopic (exact) mass is 323 g/mol. The average Bonchev–Trinajstić information content (AvgIpc) is 2.59. The standard InChI is InChI=1S/C17H13N3O4/c1-9-13(16(21)22)14(11-6-4-3-5-10(11)7-18)15(17(23)24-2)12(8-19)20-9/h3-6,13-14H,1-2H3,(H,21,22). The zero-order valence-corrected chi connectivity index (χ0v) is 13.0. The lowest BCUT2D eigenvalue weighted by atomic mass is 9.74. The molecule has 1 N–H and O–H groups in total. The molecule has 0 fully saturated rings. The average molecular weight is 323 g/mol. The molecule has 0 amide bonds. The summed E-state index contributed by atoms with van der Waals surface area (Å²) in [6.07, 6.45) is 0. The molecule has 0 aromatic heterocycles. The summed E-state index contributed by atoms with van der Waals surface area (Å²) in [7, 11) is 1.14. The maximum atomic E-state index is 12.2. The van der Waals surface area contributed by atoms with Gasteiger partial charge in [0.2, 0.25) is 0 Å². The number of carboxylic acids is 1. The van der Waals surface area contributed by atoms with Gasteiger partial charge in [-0.2, -0.15) is 10.5 Å². The van der Waals surface area contributed by atoms with Gasteiger partial charge in [0, 0.05) is 11.6 Å². The Bertz CT molecular complexity index is 855. The Morgan fingerprint density at radius 3 is 2.46 bits per heavy atom. The number of esters is 1. The van der Waals surface area contributed by atoms with Gasteiger partial charge in [-0.3, -0.25) is 4.79 Å². The van der Waals surface area contributed by atoms with Gasteiger partial charge in [0.1, 0.15) is 12.0 Å². The molecule has 1 aromatic carbocycles. The molecule has 2 unspecified atom stereocenters. The van der Waals surface area contributed by atoms with Gasteiger partial charge in [-0.15, -0.1) is 0 Å².